The van der Waals surface area contributed by atoms with E-state index in [4.69, 9.17) is 5.11 Å². The first-order chi connectivity index (χ1) is 6.65. The van der Waals surface area contributed by atoms with Crippen LogP contribution in [0.2, 0.25) is 0 Å². The third kappa shape index (κ3) is 3.23. The zero-order valence-corrected chi connectivity index (χ0v) is 9.24. The molecule has 2 unspecified atom stereocenters. The van der Waals surface area contributed by atoms with Crippen molar-refractivity contribution in [2.24, 2.45) is 5.92 Å². The summed E-state index contributed by atoms with van der Waals surface area (Å²) in [6.45, 7) is 4.30. The van der Waals surface area contributed by atoms with Crippen molar-refractivity contribution in [3.63, 3.8) is 0 Å². The molecule has 14 heavy (non-hydrogen) atoms. The smallest absolute Gasteiger partial charge is 0.0693 e. The van der Waals surface area contributed by atoms with E-state index in [1.165, 1.54) is 6.42 Å². The fourth-order valence-corrected chi connectivity index (χ4v) is 1.97. The molecule has 3 nitrogen and oxygen atoms in total. The topological polar surface area (TPSA) is 52.5 Å². The van der Waals surface area contributed by atoms with Gasteiger partial charge in [0.2, 0.25) is 0 Å². The van der Waals surface area contributed by atoms with Crippen molar-refractivity contribution in [3.05, 3.63) is 0 Å². The first kappa shape index (κ1) is 12.0. The molecule has 1 aliphatic rings. The van der Waals surface area contributed by atoms with Gasteiger partial charge in [-0.15, -0.1) is 0 Å². The van der Waals surface area contributed by atoms with E-state index in [0.29, 0.717) is 0 Å². The van der Waals surface area contributed by atoms with Crippen LogP contribution in [0.3, 0.4) is 0 Å². The van der Waals surface area contributed by atoms with Gasteiger partial charge in [0.1, 0.15) is 0 Å². The van der Waals surface area contributed by atoms with Crippen LogP contribution in [0.5, 0.6) is 0 Å². The first-order valence-corrected chi connectivity index (χ1v) is 5.70. The van der Waals surface area contributed by atoms with Crippen molar-refractivity contribution >= 4 is 0 Å². The van der Waals surface area contributed by atoms with Gasteiger partial charge in [0, 0.05) is 18.7 Å². The van der Waals surface area contributed by atoms with E-state index >= 15 is 0 Å². The summed E-state index contributed by atoms with van der Waals surface area (Å²) in [5.41, 5.74) is 0. The number of hydrogen-bond acceptors (Lipinski definition) is 3. The van der Waals surface area contributed by atoms with Crippen LogP contribution < -0.4 is 5.32 Å². The number of nitrogens with one attached hydrogen (secondary N) is 1. The molecule has 0 aliphatic heterocycles. The molecule has 0 saturated heterocycles. The van der Waals surface area contributed by atoms with Crippen LogP contribution in [-0.2, 0) is 0 Å². The zero-order chi connectivity index (χ0) is 10.6. The van der Waals surface area contributed by atoms with Crippen LogP contribution in [0.1, 0.15) is 39.5 Å². The van der Waals surface area contributed by atoms with Crippen LogP contribution in [0, 0.1) is 5.92 Å². The summed E-state index contributed by atoms with van der Waals surface area (Å²) in [6, 6.07) is 0.505. The van der Waals surface area contributed by atoms with Gasteiger partial charge >= 0.3 is 0 Å². The van der Waals surface area contributed by atoms with Crippen molar-refractivity contribution in [2.45, 2.75) is 57.7 Å². The minimum atomic E-state index is -0.197. The Morgan fingerprint density at radius 2 is 1.93 bits per heavy atom. The van der Waals surface area contributed by atoms with Crippen molar-refractivity contribution in [3.8, 4) is 0 Å². The van der Waals surface area contributed by atoms with Crippen LogP contribution in [0.25, 0.3) is 0 Å². The van der Waals surface area contributed by atoms with Gasteiger partial charge in [-0.25, -0.2) is 0 Å². The molecule has 1 saturated carbocycles. The molecule has 3 N–H and O–H groups in total. The fraction of sp³-hybridized carbons (Fsp3) is 1.00. The Balaban J connectivity index is 2.34. The van der Waals surface area contributed by atoms with Crippen molar-refractivity contribution in [2.75, 3.05) is 6.61 Å². The van der Waals surface area contributed by atoms with E-state index in [9.17, 15) is 5.11 Å². The monoisotopic (exact) mass is 201 g/mol. The van der Waals surface area contributed by atoms with Crippen molar-refractivity contribution < 1.29 is 10.2 Å². The largest absolute Gasteiger partial charge is 0.396 e. The minimum absolute atomic E-state index is 0.197. The lowest BCUT2D eigenvalue weighted by molar-refractivity contribution is 0.0777. The van der Waals surface area contributed by atoms with Crippen LogP contribution in [0.4, 0.5) is 0 Å². The summed E-state index contributed by atoms with van der Waals surface area (Å²) in [4.78, 5) is 0. The summed E-state index contributed by atoms with van der Waals surface area (Å²) < 4.78 is 0. The average molecular weight is 201 g/mol. The molecule has 3 heteroatoms. The third-order valence-electron chi connectivity index (χ3n) is 3.35. The van der Waals surface area contributed by atoms with Gasteiger partial charge in [0.05, 0.1) is 6.10 Å². The Bertz CT molecular complexity index is 163. The second-order valence-corrected chi connectivity index (χ2v) is 4.57. The summed E-state index contributed by atoms with van der Waals surface area (Å²) in [5, 5.41) is 22.2. The molecule has 1 aliphatic carbocycles. The fourth-order valence-electron chi connectivity index (χ4n) is 1.97. The SMILES string of the molecule is CC(CO)C(C)N[C@@H]1CCCC[C@H]1O. The number of rotatable bonds is 4. The van der Waals surface area contributed by atoms with E-state index in [0.717, 1.165) is 19.3 Å². The first-order valence-electron chi connectivity index (χ1n) is 5.70. The molecule has 0 aromatic rings. The quantitative estimate of drug-likeness (QED) is 0.633. The predicted molar refractivity (Wildman–Crippen MR) is 57.1 cm³/mol. The van der Waals surface area contributed by atoms with E-state index in [1.54, 1.807) is 0 Å². The Kier molecular flexibility index (Phi) is 4.85. The van der Waals surface area contributed by atoms with Crippen LogP contribution in [0.15, 0.2) is 0 Å². The van der Waals surface area contributed by atoms with E-state index in [-0.39, 0.29) is 30.7 Å². The highest BCUT2D eigenvalue weighted by atomic mass is 16.3. The van der Waals surface area contributed by atoms with Gasteiger partial charge in [-0.2, -0.15) is 0 Å². The lowest BCUT2D eigenvalue weighted by Crippen LogP contribution is -2.48. The molecule has 84 valence electrons. The third-order valence-corrected chi connectivity index (χ3v) is 3.35. The number of aliphatic hydroxyl groups excluding tert-OH is 2. The Morgan fingerprint density at radius 3 is 2.50 bits per heavy atom. The molecule has 1 rings (SSSR count). The van der Waals surface area contributed by atoms with Gasteiger partial charge in [-0.3, -0.25) is 0 Å². The highest BCUT2D eigenvalue weighted by Gasteiger charge is 2.25. The van der Waals surface area contributed by atoms with Crippen molar-refractivity contribution in [1.82, 2.24) is 5.32 Å². The van der Waals surface area contributed by atoms with Crippen molar-refractivity contribution in [1.29, 1.82) is 0 Å². The molecule has 0 aromatic heterocycles. The molecule has 0 heterocycles. The van der Waals surface area contributed by atoms with Gasteiger partial charge < -0.3 is 15.5 Å². The van der Waals surface area contributed by atoms with Gasteiger partial charge in [0.25, 0.3) is 0 Å². The molecule has 0 bridgehead atoms. The maximum Gasteiger partial charge on any atom is 0.0693 e. The van der Waals surface area contributed by atoms with Gasteiger partial charge in [0.15, 0.2) is 0 Å². The minimum Gasteiger partial charge on any atom is -0.396 e. The maximum absolute atomic E-state index is 9.75. The molecule has 0 aromatic carbocycles. The molecule has 0 radical (unpaired) electrons. The van der Waals surface area contributed by atoms with E-state index < -0.39 is 0 Å². The molecular weight excluding hydrogens is 178 g/mol. The maximum atomic E-state index is 9.75. The van der Waals surface area contributed by atoms with Crippen LogP contribution >= 0.6 is 0 Å². The van der Waals surface area contributed by atoms with Crippen LogP contribution in [-0.4, -0.2) is 35.0 Å². The Morgan fingerprint density at radius 1 is 1.29 bits per heavy atom. The molecule has 0 spiro atoms. The predicted octanol–water partition coefficient (Wildman–Crippen LogP) is 0.896. The Labute approximate surface area is 86.5 Å². The normalized spacial score (nSPS) is 32.6. The lowest BCUT2D eigenvalue weighted by atomic mass is 9.91. The second-order valence-electron chi connectivity index (χ2n) is 4.57. The van der Waals surface area contributed by atoms with Gasteiger partial charge in [-0.05, 0) is 25.7 Å². The molecule has 0 amide bonds. The molecular formula is C11H23NO2. The molecule has 1 fully saturated rings. The summed E-state index contributed by atoms with van der Waals surface area (Å²) >= 11 is 0. The van der Waals surface area contributed by atoms with E-state index in [2.05, 4.69) is 12.2 Å². The second kappa shape index (κ2) is 5.69. The highest BCUT2D eigenvalue weighted by Crippen LogP contribution is 2.19. The lowest BCUT2D eigenvalue weighted by Gasteiger charge is -2.32. The number of aliphatic hydroxyl groups is 2. The summed E-state index contributed by atoms with van der Waals surface area (Å²) in [5.74, 6) is 0.254. The van der Waals surface area contributed by atoms with Gasteiger partial charge in [-0.1, -0.05) is 19.8 Å². The Hall–Kier alpha value is -0.120. The number of hydrogen-bond donors (Lipinski definition) is 3. The summed E-state index contributed by atoms with van der Waals surface area (Å²) in [6.07, 6.45) is 4.12. The highest BCUT2D eigenvalue weighted by molar-refractivity contribution is 4.83. The summed E-state index contributed by atoms with van der Waals surface area (Å²) in [7, 11) is 0. The standard InChI is InChI=1S/C11H23NO2/c1-8(7-13)9(2)12-10-5-3-4-6-11(10)14/h8-14H,3-7H2,1-2H3/t8?,9?,10-,11-/m1/s1. The zero-order valence-electron chi connectivity index (χ0n) is 9.24. The molecule has 4 atom stereocenters. The van der Waals surface area contributed by atoms with E-state index in [1.807, 2.05) is 6.92 Å². The average Bonchev–Trinajstić information content (AvgIpc) is 2.20.